The van der Waals surface area contributed by atoms with Crippen LogP contribution < -0.4 is 16.4 Å². The Bertz CT molecular complexity index is 455. The van der Waals surface area contributed by atoms with E-state index in [4.69, 9.17) is 5.73 Å². The number of benzene rings is 1. The second-order valence-corrected chi connectivity index (χ2v) is 4.54. The number of nitrogens with one attached hydrogen (secondary N) is 2. The van der Waals surface area contributed by atoms with E-state index in [9.17, 15) is 9.59 Å². The Morgan fingerprint density at radius 3 is 2.72 bits per heavy atom. The van der Waals surface area contributed by atoms with E-state index in [2.05, 4.69) is 10.6 Å². The van der Waals surface area contributed by atoms with Crippen LogP contribution in [-0.2, 0) is 16.0 Å². The Labute approximate surface area is 106 Å². The summed E-state index contributed by atoms with van der Waals surface area (Å²) >= 11 is 0. The summed E-state index contributed by atoms with van der Waals surface area (Å²) in [5.41, 5.74) is 7.10. The summed E-state index contributed by atoms with van der Waals surface area (Å²) < 4.78 is 0. The van der Waals surface area contributed by atoms with Crippen molar-refractivity contribution in [1.29, 1.82) is 0 Å². The molecule has 1 aliphatic carbocycles. The maximum atomic E-state index is 11.6. The molecule has 0 aliphatic heterocycles. The van der Waals surface area contributed by atoms with E-state index in [1.54, 1.807) is 18.2 Å². The molecule has 0 spiro atoms. The summed E-state index contributed by atoms with van der Waals surface area (Å²) in [5.74, 6) is -0.301. The zero-order chi connectivity index (χ0) is 13.0. The SMILES string of the molecule is Nc1cccc(CC(=O)NCC(=O)NC2CC2)c1. The first-order valence-corrected chi connectivity index (χ1v) is 6.04. The van der Waals surface area contributed by atoms with Gasteiger partial charge in [-0.15, -0.1) is 0 Å². The van der Waals surface area contributed by atoms with Gasteiger partial charge in [-0.25, -0.2) is 0 Å². The summed E-state index contributed by atoms with van der Waals surface area (Å²) in [5, 5.41) is 5.40. The highest BCUT2D eigenvalue weighted by Crippen LogP contribution is 2.18. The minimum atomic E-state index is -0.174. The average Bonchev–Trinajstić information content (AvgIpc) is 3.10. The lowest BCUT2D eigenvalue weighted by atomic mass is 10.1. The van der Waals surface area contributed by atoms with Crippen LogP contribution in [0.2, 0.25) is 0 Å². The molecule has 0 radical (unpaired) electrons. The molecule has 1 fully saturated rings. The van der Waals surface area contributed by atoms with Crippen molar-refractivity contribution in [3.63, 3.8) is 0 Å². The van der Waals surface area contributed by atoms with Gasteiger partial charge >= 0.3 is 0 Å². The Morgan fingerprint density at radius 1 is 1.28 bits per heavy atom. The number of rotatable bonds is 5. The molecule has 1 aliphatic rings. The van der Waals surface area contributed by atoms with Crippen molar-refractivity contribution < 1.29 is 9.59 Å². The number of carbonyl (C=O) groups excluding carboxylic acids is 2. The normalized spacial score (nSPS) is 14.0. The highest BCUT2D eigenvalue weighted by molar-refractivity contribution is 5.86. The highest BCUT2D eigenvalue weighted by atomic mass is 16.2. The number of carbonyl (C=O) groups is 2. The molecule has 4 N–H and O–H groups in total. The second kappa shape index (κ2) is 5.53. The fourth-order valence-electron chi connectivity index (χ4n) is 1.64. The van der Waals surface area contributed by atoms with Crippen LogP contribution in [-0.4, -0.2) is 24.4 Å². The molecule has 2 rings (SSSR count). The molecule has 1 aromatic rings. The molecule has 96 valence electrons. The van der Waals surface area contributed by atoms with Crippen LogP contribution in [0, 0.1) is 0 Å². The third kappa shape index (κ3) is 4.08. The summed E-state index contributed by atoms with van der Waals surface area (Å²) in [6.07, 6.45) is 2.33. The van der Waals surface area contributed by atoms with Gasteiger partial charge in [-0.2, -0.15) is 0 Å². The van der Waals surface area contributed by atoms with Crippen LogP contribution in [0.3, 0.4) is 0 Å². The van der Waals surface area contributed by atoms with E-state index in [1.165, 1.54) is 0 Å². The molecular formula is C13H17N3O2. The van der Waals surface area contributed by atoms with Crippen molar-refractivity contribution in [2.24, 2.45) is 0 Å². The van der Waals surface area contributed by atoms with Gasteiger partial charge < -0.3 is 16.4 Å². The molecule has 0 atom stereocenters. The van der Waals surface area contributed by atoms with Crippen LogP contribution in [0.1, 0.15) is 18.4 Å². The molecule has 1 aromatic carbocycles. The predicted octanol–water partition coefficient (Wildman–Crippen LogP) is 0.206. The van der Waals surface area contributed by atoms with Crippen molar-refractivity contribution in [3.8, 4) is 0 Å². The molecule has 18 heavy (non-hydrogen) atoms. The quantitative estimate of drug-likeness (QED) is 0.650. The second-order valence-electron chi connectivity index (χ2n) is 4.54. The van der Waals surface area contributed by atoms with Crippen molar-refractivity contribution in [2.45, 2.75) is 25.3 Å². The van der Waals surface area contributed by atoms with Gasteiger partial charge in [0.15, 0.2) is 0 Å². The van der Waals surface area contributed by atoms with E-state index in [1.807, 2.05) is 6.07 Å². The third-order valence-electron chi connectivity index (χ3n) is 2.70. The fourth-order valence-corrected chi connectivity index (χ4v) is 1.64. The van der Waals surface area contributed by atoms with Gasteiger partial charge in [-0.1, -0.05) is 12.1 Å². The minimum absolute atomic E-state index is 0.0393. The molecule has 1 saturated carbocycles. The zero-order valence-electron chi connectivity index (χ0n) is 10.1. The molecule has 2 amide bonds. The van der Waals surface area contributed by atoms with Crippen LogP contribution in [0.25, 0.3) is 0 Å². The molecule has 0 saturated heterocycles. The van der Waals surface area contributed by atoms with E-state index in [0.29, 0.717) is 11.7 Å². The van der Waals surface area contributed by atoms with Crippen molar-refractivity contribution in [3.05, 3.63) is 29.8 Å². The number of nitrogens with two attached hydrogens (primary N) is 1. The van der Waals surface area contributed by atoms with Gasteiger partial charge in [0.2, 0.25) is 11.8 Å². The molecule has 5 nitrogen and oxygen atoms in total. The number of amides is 2. The van der Waals surface area contributed by atoms with Gasteiger partial charge in [0.05, 0.1) is 13.0 Å². The van der Waals surface area contributed by atoms with E-state index < -0.39 is 0 Å². The fraction of sp³-hybridized carbons (Fsp3) is 0.385. The summed E-state index contributed by atoms with van der Waals surface area (Å²) in [6, 6.07) is 7.48. The summed E-state index contributed by atoms with van der Waals surface area (Å²) in [7, 11) is 0. The molecule has 0 heterocycles. The Morgan fingerprint density at radius 2 is 2.06 bits per heavy atom. The van der Waals surface area contributed by atoms with E-state index in [-0.39, 0.29) is 24.8 Å². The van der Waals surface area contributed by atoms with Crippen LogP contribution >= 0.6 is 0 Å². The van der Waals surface area contributed by atoms with Gasteiger partial charge in [0.1, 0.15) is 0 Å². The summed E-state index contributed by atoms with van der Waals surface area (Å²) in [6.45, 7) is 0.0393. The zero-order valence-corrected chi connectivity index (χ0v) is 10.1. The smallest absolute Gasteiger partial charge is 0.239 e. The topological polar surface area (TPSA) is 84.2 Å². The molecule has 0 unspecified atom stereocenters. The van der Waals surface area contributed by atoms with Crippen LogP contribution in [0.4, 0.5) is 5.69 Å². The van der Waals surface area contributed by atoms with Gasteiger partial charge in [-0.05, 0) is 30.5 Å². The van der Waals surface area contributed by atoms with Gasteiger partial charge in [0.25, 0.3) is 0 Å². The predicted molar refractivity (Wildman–Crippen MR) is 68.7 cm³/mol. The van der Waals surface area contributed by atoms with E-state index in [0.717, 1.165) is 18.4 Å². The van der Waals surface area contributed by atoms with E-state index >= 15 is 0 Å². The molecule has 0 bridgehead atoms. The Hall–Kier alpha value is -2.04. The van der Waals surface area contributed by atoms with Gasteiger partial charge in [-0.3, -0.25) is 9.59 Å². The van der Waals surface area contributed by atoms with Crippen molar-refractivity contribution in [1.82, 2.24) is 10.6 Å². The minimum Gasteiger partial charge on any atom is -0.399 e. The van der Waals surface area contributed by atoms with Gasteiger partial charge in [0, 0.05) is 11.7 Å². The lowest BCUT2D eigenvalue weighted by molar-refractivity contribution is -0.125. The third-order valence-corrected chi connectivity index (χ3v) is 2.70. The largest absolute Gasteiger partial charge is 0.399 e. The van der Waals surface area contributed by atoms with Crippen molar-refractivity contribution in [2.75, 3.05) is 12.3 Å². The number of nitrogen functional groups attached to an aromatic ring is 1. The number of hydrogen-bond acceptors (Lipinski definition) is 3. The number of hydrogen-bond donors (Lipinski definition) is 3. The van der Waals surface area contributed by atoms with Crippen molar-refractivity contribution >= 4 is 17.5 Å². The molecule has 0 aromatic heterocycles. The monoisotopic (exact) mass is 247 g/mol. The van der Waals surface area contributed by atoms with Crippen LogP contribution in [0.5, 0.6) is 0 Å². The van der Waals surface area contributed by atoms with Crippen LogP contribution in [0.15, 0.2) is 24.3 Å². The Balaban J connectivity index is 1.72. The lowest BCUT2D eigenvalue weighted by Crippen LogP contribution is -2.38. The molecular weight excluding hydrogens is 230 g/mol. The summed E-state index contributed by atoms with van der Waals surface area (Å²) in [4.78, 5) is 23.0. The first kappa shape index (κ1) is 12.4. The highest BCUT2D eigenvalue weighted by Gasteiger charge is 2.23. The first-order valence-electron chi connectivity index (χ1n) is 6.04. The Kier molecular flexibility index (Phi) is 3.82. The average molecular weight is 247 g/mol. The maximum absolute atomic E-state index is 11.6. The first-order chi connectivity index (χ1) is 8.63. The number of anilines is 1. The molecule has 5 heteroatoms. The standard InChI is InChI=1S/C13H17N3O2/c14-10-3-1-2-9(6-10)7-12(17)15-8-13(18)16-11-4-5-11/h1-3,6,11H,4-5,7-8,14H2,(H,15,17)(H,16,18). The lowest BCUT2D eigenvalue weighted by Gasteiger charge is -2.06. The maximum Gasteiger partial charge on any atom is 0.239 e.